The largest absolute Gasteiger partial charge is 0.495 e. The van der Waals surface area contributed by atoms with Gasteiger partial charge in [0.1, 0.15) is 5.75 Å². The van der Waals surface area contributed by atoms with E-state index < -0.39 is 0 Å². The first-order valence-corrected chi connectivity index (χ1v) is 9.40. The topological polar surface area (TPSA) is 71.8 Å². The van der Waals surface area contributed by atoms with E-state index in [0.717, 1.165) is 16.9 Å². The van der Waals surface area contributed by atoms with E-state index in [4.69, 9.17) is 18.9 Å². The molecule has 0 saturated carbocycles. The normalized spacial score (nSPS) is 15.0. The number of rotatable bonds is 8. The van der Waals surface area contributed by atoms with E-state index in [1.807, 2.05) is 42.0 Å². The highest BCUT2D eigenvalue weighted by atomic mass is 16.7. The third-order valence-corrected chi connectivity index (χ3v) is 4.41. The molecule has 150 valence electrons. The first kappa shape index (κ1) is 20.1. The fourth-order valence-corrected chi connectivity index (χ4v) is 3.06. The zero-order valence-electron chi connectivity index (χ0n) is 16.5. The SMILES string of the molecule is CCOC(=O)/C(=C\c1ccc(-n2cnc(C)c2)c(OC)c1)CCC1OCCO1. The van der Waals surface area contributed by atoms with Crippen molar-refractivity contribution in [3.8, 4) is 11.4 Å². The summed E-state index contributed by atoms with van der Waals surface area (Å²) < 4.78 is 23.6. The standard InChI is InChI=1S/C21H26N2O5/c1-4-26-21(24)17(6-8-20-27-9-10-28-20)11-16-5-7-18(19(12-16)25-3)23-13-15(2)22-14-23/h5,7,11-14,20H,4,6,8-10H2,1-3H3/b17-11-. The third kappa shape index (κ3) is 4.99. The van der Waals surface area contributed by atoms with Crippen LogP contribution in [0.3, 0.4) is 0 Å². The van der Waals surface area contributed by atoms with Gasteiger partial charge in [-0.25, -0.2) is 9.78 Å². The Hall–Kier alpha value is -2.64. The molecule has 0 bridgehead atoms. The van der Waals surface area contributed by atoms with Crippen molar-refractivity contribution in [2.24, 2.45) is 0 Å². The zero-order valence-corrected chi connectivity index (χ0v) is 16.5. The summed E-state index contributed by atoms with van der Waals surface area (Å²) in [5, 5.41) is 0. The molecule has 7 heteroatoms. The van der Waals surface area contributed by atoms with Crippen LogP contribution < -0.4 is 4.74 Å². The molecule has 0 spiro atoms. The van der Waals surface area contributed by atoms with Crippen molar-refractivity contribution in [2.75, 3.05) is 26.9 Å². The van der Waals surface area contributed by atoms with Gasteiger partial charge in [-0.05, 0) is 44.0 Å². The Morgan fingerprint density at radius 3 is 2.79 bits per heavy atom. The van der Waals surface area contributed by atoms with Gasteiger partial charge in [0.2, 0.25) is 0 Å². The molecule has 7 nitrogen and oxygen atoms in total. The van der Waals surface area contributed by atoms with Crippen molar-refractivity contribution in [3.63, 3.8) is 0 Å². The number of carbonyl (C=O) groups excluding carboxylic acids is 1. The fraction of sp³-hybridized carbons (Fsp3) is 0.429. The van der Waals surface area contributed by atoms with Crippen LogP contribution in [0.2, 0.25) is 0 Å². The Balaban J connectivity index is 1.84. The van der Waals surface area contributed by atoms with Crippen molar-refractivity contribution >= 4 is 12.0 Å². The molecule has 0 radical (unpaired) electrons. The van der Waals surface area contributed by atoms with Gasteiger partial charge in [-0.3, -0.25) is 0 Å². The molecule has 0 unspecified atom stereocenters. The number of aryl methyl sites for hydroxylation is 1. The molecule has 0 N–H and O–H groups in total. The van der Waals surface area contributed by atoms with Crippen LogP contribution in [0.15, 0.2) is 36.3 Å². The average Bonchev–Trinajstić information content (AvgIpc) is 3.36. The number of benzene rings is 1. The van der Waals surface area contributed by atoms with E-state index in [-0.39, 0.29) is 12.3 Å². The zero-order chi connectivity index (χ0) is 19.9. The average molecular weight is 386 g/mol. The Kier molecular flexibility index (Phi) is 6.84. The van der Waals surface area contributed by atoms with E-state index >= 15 is 0 Å². The number of hydrogen-bond donors (Lipinski definition) is 0. The molecule has 0 aliphatic carbocycles. The van der Waals surface area contributed by atoms with Crippen molar-refractivity contribution in [1.29, 1.82) is 0 Å². The maximum Gasteiger partial charge on any atom is 0.334 e. The molecule has 2 heterocycles. The van der Waals surface area contributed by atoms with Gasteiger partial charge in [0.25, 0.3) is 0 Å². The maximum absolute atomic E-state index is 12.4. The highest BCUT2D eigenvalue weighted by molar-refractivity contribution is 5.93. The number of aromatic nitrogens is 2. The van der Waals surface area contributed by atoms with E-state index in [9.17, 15) is 4.79 Å². The summed E-state index contributed by atoms with van der Waals surface area (Å²) in [4.78, 5) is 16.6. The van der Waals surface area contributed by atoms with Gasteiger partial charge in [-0.15, -0.1) is 0 Å². The molecule has 3 rings (SSSR count). The van der Waals surface area contributed by atoms with Gasteiger partial charge in [-0.1, -0.05) is 6.07 Å². The number of ether oxygens (including phenoxy) is 4. The molecule has 2 aromatic rings. The highest BCUT2D eigenvalue weighted by Gasteiger charge is 2.19. The second-order valence-electron chi connectivity index (χ2n) is 6.45. The third-order valence-electron chi connectivity index (χ3n) is 4.41. The van der Waals surface area contributed by atoms with E-state index in [1.165, 1.54) is 0 Å². The van der Waals surface area contributed by atoms with Gasteiger partial charge < -0.3 is 23.5 Å². The molecule has 1 fully saturated rings. The van der Waals surface area contributed by atoms with Crippen molar-refractivity contribution in [2.45, 2.75) is 33.0 Å². The summed E-state index contributed by atoms with van der Waals surface area (Å²) in [6.07, 6.45) is 6.35. The first-order valence-electron chi connectivity index (χ1n) is 9.40. The molecule has 0 amide bonds. The summed E-state index contributed by atoms with van der Waals surface area (Å²) >= 11 is 0. The summed E-state index contributed by atoms with van der Waals surface area (Å²) in [5.74, 6) is 0.366. The Bertz CT molecular complexity index is 837. The molecule has 28 heavy (non-hydrogen) atoms. The minimum Gasteiger partial charge on any atom is -0.495 e. The number of carbonyl (C=O) groups is 1. The second-order valence-corrected chi connectivity index (χ2v) is 6.45. The molecule has 1 aromatic heterocycles. The molecular weight excluding hydrogens is 360 g/mol. The fourth-order valence-electron chi connectivity index (χ4n) is 3.06. The maximum atomic E-state index is 12.4. The predicted molar refractivity (Wildman–Crippen MR) is 104 cm³/mol. The Morgan fingerprint density at radius 2 is 2.14 bits per heavy atom. The molecule has 1 saturated heterocycles. The number of nitrogens with zero attached hydrogens (tertiary/aromatic N) is 2. The molecular formula is C21H26N2O5. The minimum absolute atomic E-state index is 0.265. The van der Waals surface area contributed by atoms with E-state index in [2.05, 4.69) is 4.98 Å². The quantitative estimate of drug-likeness (QED) is 0.512. The first-order chi connectivity index (χ1) is 13.6. The van der Waals surface area contributed by atoms with Crippen molar-refractivity contribution in [3.05, 3.63) is 47.6 Å². The number of esters is 1. The lowest BCUT2D eigenvalue weighted by Crippen LogP contribution is -2.12. The van der Waals surface area contributed by atoms with Crippen LogP contribution in [-0.2, 0) is 19.0 Å². The molecule has 1 aromatic carbocycles. The van der Waals surface area contributed by atoms with Crippen molar-refractivity contribution < 1.29 is 23.7 Å². The smallest absolute Gasteiger partial charge is 0.334 e. The van der Waals surface area contributed by atoms with Gasteiger partial charge in [0, 0.05) is 18.2 Å². The predicted octanol–water partition coefficient (Wildman–Crippen LogP) is 3.29. The molecule has 1 aliphatic heterocycles. The van der Waals surface area contributed by atoms with Gasteiger partial charge in [0.15, 0.2) is 6.29 Å². The van der Waals surface area contributed by atoms with E-state index in [1.54, 1.807) is 20.4 Å². The minimum atomic E-state index is -0.325. The molecule has 0 atom stereocenters. The van der Waals surface area contributed by atoms with Gasteiger partial charge >= 0.3 is 5.97 Å². The van der Waals surface area contributed by atoms with Crippen LogP contribution in [0, 0.1) is 6.92 Å². The van der Waals surface area contributed by atoms with Crippen LogP contribution in [0.25, 0.3) is 11.8 Å². The van der Waals surface area contributed by atoms with Crippen LogP contribution in [0.4, 0.5) is 0 Å². The highest BCUT2D eigenvalue weighted by Crippen LogP contribution is 2.27. The second kappa shape index (κ2) is 9.52. The van der Waals surface area contributed by atoms with Crippen LogP contribution >= 0.6 is 0 Å². The van der Waals surface area contributed by atoms with Gasteiger partial charge in [0.05, 0.1) is 44.6 Å². The lowest BCUT2D eigenvalue weighted by Gasteiger charge is -2.13. The number of methoxy groups -OCH3 is 1. The van der Waals surface area contributed by atoms with E-state index in [0.29, 0.717) is 44.0 Å². The summed E-state index contributed by atoms with van der Waals surface area (Å²) in [7, 11) is 1.62. The monoisotopic (exact) mass is 386 g/mol. The van der Waals surface area contributed by atoms with Crippen LogP contribution in [0.1, 0.15) is 31.0 Å². The van der Waals surface area contributed by atoms with Gasteiger partial charge in [-0.2, -0.15) is 0 Å². The number of imidazole rings is 1. The van der Waals surface area contributed by atoms with Crippen LogP contribution in [0.5, 0.6) is 5.75 Å². The summed E-state index contributed by atoms with van der Waals surface area (Å²) in [6.45, 7) is 5.24. The summed E-state index contributed by atoms with van der Waals surface area (Å²) in [5.41, 5.74) is 3.24. The van der Waals surface area contributed by atoms with Crippen LogP contribution in [-0.4, -0.2) is 48.7 Å². The Morgan fingerprint density at radius 1 is 1.36 bits per heavy atom. The lowest BCUT2D eigenvalue weighted by atomic mass is 10.1. The number of hydrogen-bond acceptors (Lipinski definition) is 6. The van der Waals surface area contributed by atoms with Crippen molar-refractivity contribution in [1.82, 2.24) is 9.55 Å². The lowest BCUT2D eigenvalue weighted by molar-refractivity contribution is -0.138. The Labute approximate surface area is 164 Å². The summed E-state index contributed by atoms with van der Waals surface area (Å²) in [6, 6.07) is 5.78. The molecule has 1 aliphatic rings.